The molecule has 0 aromatic heterocycles. The summed E-state index contributed by atoms with van der Waals surface area (Å²) in [7, 11) is 0. The van der Waals surface area contributed by atoms with Gasteiger partial charge in [-0.05, 0) is 30.7 Å². The summed E-state index contributed by atoms with van der Waals surface area (Å²) < 4.78 is 10.2. The monoisotopic (exact) mass is 192 g/mol. The van der Waals surface area contributed by atoms with Crippen molar-refractivity contribution in [2.75, 3.05) is 13.2 Å². The van der Waals surface area contributed by atoms with Crippen LogP contribution in [0.3, 0.4) is 0 Å². The summed E-state index contributed by atoms with van der Waals surface area (Å²) in [5, 5.41) is 0. The number of hydrogen-bond donors (Lipinski definition) is 0. The predicted octanol–water partition coefficient (Wildman–Crippen LogP) is 1.80. The fourth-order valence-electron chi connectivity index (χ4n) is 1.53. The maximum Gasteiger partial charge on any atom is 0.338 e. The van der Waals surface area contributed by atoms with E-state index >= 15 is 0 Å². The van der Waals surface area contributed by atoms with Crippen molar-refractivity contribution in [1.82, 2.24) is 0 Å². The first kappa shape index (κ1) is 9.06. The summed E-state index contributed by atoms with van der Waals surface area (Å²) in [6, 6.07) is 5.41. The van der Waals surface area contributed by atoms with Gasteiger partial charge in [0.1, 0.15) is 5.75 Å². The second-order valence-corrected chi connectivity index (χ2v) is 3.14. The minimum atomic E-state index is -0.262. The fourth-order valence-corrected chi connectivity index (χ4v) is 1.53. The number of hydrogen-bond acceptors (Lipinski definition) is 3. The second-order valence-electron chi connectivity index (χ2n) is 3.14. The van der Waals surface area contributed by atoms with Gasteiger partial charge in [0, 0.05) is 6.42 Å². The van der Waals surface area contributed by atoms with Crippen LogP contribution in [0.15, 0.2) is 18.2 Å². The van der Waals surface area contributed by atoms with Crippen LogP contribution in [0.2, 0.25) is 0 Å². The van der Waals surface area contributed by atoms with E-state index in [-0.39, 0.29) is 5.97 Å². The third-order valence-corrected chi connectivity index (χ3v) is 2.20. The normalized spacial score (nSPS) is 13.2. The van der Waals surface area contributed by atoms with Gasteiger partial charge in [0.15, 0.2) is 0 Å². The molecule has 1 heterocycles. The van der Waals surface area contributed by atoms with Crippen LogP contribution in [0.25, 0.3) is 0 Å². The van der Waals surface area contributed by atoms with Crippen molar-refractivity contribution < 1.29 is 14.3 Å². The third kappa shape index (κ3) is 1.58. The molecular formula is C11H12O3. The first-order valence-electron chi connectivity index (χ1n) is 4.74. The molecule has 3 nitrogen and oxygen atoms in total. The standard InChI is InChI=1S/C11H12O3/c1-2-13-11(12)9-3-4-10-8(7-9)5-6-14-10/h3-4,7H,2,5-6H2,1H3. The highest BCUT2D eigenvalue weighted by Gasteiger charge is 2.15. The van der Waals surface area contributed by atoms with E-state index in [1.54, 1.807) is 13.0 Å². The zero-order chi connectivity index (χ0) is 9.97. The average Bonchev–Trinajstić information content (AvgIpc) is 2.64. The van der Waals surface area contributed by atoms with Gasteiger partial charge in [0.05, 0.1) is 18.8 Å². The van der Waals surface area contributed by atoms with Gasteiger partial charge in [-0.25, -0.2) is 4.79 Å². The quantitative estimate of drug-likeness (QED) is 0.670. The molecule has 74 valence electrons. The van der Waals surface area contributed by atoms with Crippen molar-refractivity contribution in [2.24, 2.45) is 0 Å². The van der Waals surface area contributed by atoms with E-state index in [1.807, 2.05) is 12.1 Å². The highest BCUT2D eigenvalue weighted by molar-refractivity contribution is 5.89. The maximum atomic E-state index is 11.4. The molecule has 0 N–H and O–H groups in total. The predicted molar refractivity (Wildman–Crippen MR) is 51.6 cm³/mol. The Bertz CT molecular complexity index is 358. The fraction of sp³-hybridized carbons (Fsp3) is 0.364. The van der Waals surface area contributed by atoms with Crippen molar-refractivity contribution in [3.63, 3.8) is 0 Å². The summed E-state index contributed by atoms with van der Waals surface area (Å²) in [6.45, 7) is 2.92. The number of rotatable bonds is 2. The Hall–Kier alpha value is -1.51. The topological polar surface area (TPSA) is 35.5 Å². The van der Waals surface area contributed by atoms with Crippen molar-refractivity contribution in [1.29, 1.82) is 0 Å². The molecule has 1 aliphatic heterocycles. The van der Waals surface area contributed by atoms with E-state index < -0.39 is 0 Å². The van der Waals surface area contributed by atoms with Crippen molar-refractivity contribution in [3.05, 3.63) is 29.3 Å². The first-order valence-corrected chi connectivity index (χ1v) is 4.74. The summed E-state index contributed by atoms with van der Waals surface area (Å²) >= 11 is 0. The summed E-state index contributed by atoms with van der Waals surface area (Å²) in [6.07, 6.45) is 0.878. The smallest absolute Gasteiger partial charge is 0.338 e. The number of carbonyl (C=O) groups is 1. The number of carbonyl (C=O) groups excluding carboxylic acids is 1. The Morgan fingerprint density at radius 3 is 3.21 bits per heavy atom. The van der Waals surface area contributed by atoms with Gasteiger partial charge >= 0.3 is 5.97 Å². The van der Waals surface area contributed by atoms with Gasteiger partial charge in [-0.3, -0.25) is 0 Å². The highest BCUT2D eigenvalue weighted by Crippen LogP contribution is 2.25. The second kappa shape index (κ2) is 3.70. The van der Waals surface area contributed by atoms with Crippen LogP contribution in [0.5, 0.6) is 5.75 Å². The zero-order valence-corrected chi connectivity index (χ0v) is 8.08. The minimum Gasteiger partial charge on any atom is -0.493 e. The molecule has 0 amide bonds. The summed E-state index contributed by atoms with van der Waals surface area (Å²) in [5.74, 6) is 0.625. The Morgan fingerprint density at radius 1 is 1.57 bits per heavy atom. The van der Waals surface area contributed by atoms with Gasteiger partial charge in [0.2, 0.25) is 0 Å². The van der Waals surface area contributed by atoms with Gasteiger partial charge < -0.3 is 9.47 Å². The molecule has 1 aromatic carbocycles. The van der Waals surface area contributed by atoms with E-state index in [0.29, 0.717) is 18.8 Å². The van der Waals surface area contributed by atoms with E-state index in [2.05, 4.69) is 0 Å². The SMILES string of the molecule is CCOC(=O)c1ccc2c(c1)CCO2. The molecule has 0 bridgehead atoms. The highest BCUT2D eigenvalue weighted by atomic mass is 16.5. The lowest BCUT2D eigenvalue weighted by Gasteiger charge is -2.03. The molecule has 1 aromatic rings. The lowest BCUT2D eigenvalue weighted by atomic mass is 10.1. The molecule has 0 unspecified atom stereocenters. The summed E-state index contributed by atoms with van der Waals surface area (Å²) in [4.78, 5) is 11.4. The van der Waals surface area contributed by atoms with Gasteiger partial charge in [-0.2, -0.15) is 0 Å². The Kier molecular flexibility index (Phi) is 2.39. The van der Waals surface area contributed by atoms with Gasteiger partial charge in [0.25, 0.3) is 0 Å². The number of fused-ring (bicyclic) bond motifs is 1. The number of ether oxygens (including phenoxy) is 2. The molecule has 0 saturated heterocycles. The van der Waals surface area contributed by atoms with Gasteiger partial charge in [-0.1, -0.05) is 0 Å². The third-order valence-electron chi connectivity index (χ3n) is 2.20. The van der Waals surface area contributed by atoms with Crippen molar-refractivity contribution in [2.45, 2.75) is 13.3 Å². The molecule has 14 heavy (non-hydrogen) atoms. The van der Waals surface area contributed by atoms with Crippen LogP contribution >= 0.6 is 0 Å². The maximum absolute atomic E-state index is 11.4. The number of benzene rings is 1. The lowest BCUT2D eigenvalue weighted by molar-refractivity contribution is 0.0526. The molecule has 0 aliphatic carbocycles. The van der Waals surface area contributed by atoms with Crippen LogP contribution in [-0.2, 0) is 11.2 Å². The number of esters is 1. The Labute approximate surface area is 82.6 Å². The average molecular weight is 192 g/mol. The summed E-state index contributed by atoms with van der Waals surface area (Å²) in [5.41, 5.74) is 1.70. The largest absolute Gasteiger partial charge is 0.493 e. The van der Waals surface area contributed by atoms with Crippen LogP contribution in [0.4, 0.5) is 0 Å². The van der Waals surface area contributed by atoms with E-state index in [1.165, 1.54) is 0 Å². The molecule has 0 atom stereocenters. The van der Waals surface area contributed by atoms with Crippen molar-refractivity contribution >= 4 is 5.97 Å². The van der Waals surface area contributed by atoms with Gasteiger partial charge in [-0.15, -0.1) is 0 Å². The van der Waals surface area contributed by atoms with Crippen LogP contribution in [0.1, 0.15) is 22.8 Å². The van der Waals surface area contributed by atoms with Crippen LogP contribution in [0, 0.1) is 0 Å². The molecular weight excluding hydrogens is 180 g/mol. The van der Waals surface area contributed by atoms with E-state index in [9.17, 15) is 4.79 Å². The van der Waals surface area contributed by atoms with E-state index in [0.717, 1.165) is 17.7 Å². The Morgan fingerprint density at radius 2 is 2.43 bits per heavy atom. The minimum absolute atomic E-state index is 0.262. The molecule has 0 fully saturated rings. The first-order chi connectivity index (χ1) is 6.81. The zero-order valence-electron chi connectivity index (χ0n) is 8.08. The molecule has 0 spiro atoms. The molecule has 0 radical (unpaired) electrons. The van der Waals surface area contributed by atoms with Crippen LogP contribution in [-0.4, -0.2) is 19.2 Å². The lowest BCUT2D eigenvalue weighted by Crippen LogP contribution is -2.04. The molecule has 2 rings (SSSR count). The molecule has 1 aliphatic rings. The van der Waals surface area contributed by atoms with Crippen LogP contribution < -0.4 is 4.74 Å². The molecule has 0 saturated carbocycles. The Balaban J connectivity index is 2.24. The van der Waals surface area contributed by atoms with Crippen molar-refractivity contribution in [3.8, 4) is 5.75 Å². The molecule has 3 heteroatoms. The van der Waals surface area contributed by atoms with E-state index in [4.69, 9.17) is 9.47 Å².